The average molecular weight is 1090 g/mol. The number of carbonyl (C=O) groups excluding carboxylic acids is 2. The number of phosphoric acid groups is 2. The minimum atomic E-state index is -5.47. The van der Waals surface area contributed by atoms with Crippen molar-refractivity contribution in [2.75, 3.05) is 25.6 Å². The first-order valence-electron chi connectivity index (χ1n) is 25.9. The Labute approximate surface area is 443 Å². The number of nitrogens with zero attached hydrogens (tertiary/aromatic N) is 2. The fourth-order valence-corrected chi connectivity index (χ4v) is 8.95. The lowest BCUT2D eigenvalue weighted by atomic mass is 10.1. The van der Waals surface area contributed by atoms with E-state index in [4.69, 9.17) is 29.0 Å². The van der Waals surface area contributed by atoms with E-state index in [1.54, 1.807) is 13.0 Å². The van der Waals surface area contributed by atoms with Crippen molar-refractivity contribution in [3.05, 3.63) is 132 Å². The number of hydrogen-bond donors (Lipinski definition) is 6. The molecule has 8 atom stereocenters. The number of unbranched alkanes of at least 4 members (excludes halogenated alkanes) is 5. The number of rotatable bonds is 41. The van der Waals surface area contributed by atoms with Crippen molar-refractivity contribution in [3.8, 4) is 0 Å². The van der Waals surface area contributed by atoms with Crippen molar-refractivity contribution >= 4 is 33.4 Å². The summed E-state index contributed by atoms with van der Waals surface area (Å²) in [5.74, 6) is -1.50. The van der Waals surface area contributed by atoms with Crippen molar-refractivity contribution in [3.63, 3.8) is 0 Å². The number of aliphatic hydroxyl groups is 3. The van der Waals surface area contributed by atoms with Crippen LogP contribution in [-0.4, -0.2) is 96.9 Å². The maximum atomic E-state index is 12.9. The molecular weight excluding hydrogens is 1010 g/mol. The Morgan fingerprint density at radius 2 is 1.19 bits per heavy atom. The van der Waals surface area contributed by atoms with Gasteiger partial charge in [0, 0.05) is 19.0 Å². The highest BCUT2D eigenvalue weighted by molar-refractivity contribution is 7.61. The zero-order valence-corrected chi connectivity index (χ0v) is 45.4. The summed E-state index contributed by atoms with van der Waals surface area (Å²) in [7, 11) is -10.9. The van der Waals surface area contributed by atoms with Crippen LogP contribution in [0.15, 0.2) is 126 Å². The molecule has 19 nitrogen and oxygen atoms in total. The lowest BCUT2D eigenvalue weighted by Gasteiger charge is -2.21. The molecule has 1 fully saturated rings. The predicted molar refractivity (Wildman–Crippen MR) is 290 cm³/mol. The summed E-state index contributed by atoms with van der Waals surface area (Å²) in [4.78, 5) is 61.9. The summed E-state index contributed by atoms with van der Waals surface area (Å²) in [6.07, 6.45) is 44.6. The van der Waals surface area contributed by atoms with E-state index >= 15 is 0 Å². The molecule has 0 spiro atoms. The van der Waals surface area contributed by atoms with Gasteiger partial charge in [0.2, 0.25) is 0 Å². The van der Waals surface area contributed by atoms with Crippen molar-refractivity contribution < 1.29 is 71.4 Å². The van der Waals surface area contributed by atoms with Gasteiger partial charge in [-0.2, -0.15) is 9.29 Å². The number of esters is 2. The first-order valence-corrected chi connectivity index (χ1v) is 28.9. The molecule has 0 aromatic carbocycles. The van der Waals surface area contributed by atoms with Gasteiger partial charge in [-0.1, -0.05) is 129 Å². The Kier molecular flexibility index (Phi) is 36.0. The van der Waals surface area contributed by atoms with Crippen molar-refractivity contribution in [2.45, 2.75) is 173 Å². The van der Waals surface area contributed by atoms with Gasteiger partial charge in [0.15, 0.2) is 12.3 Å². The number of ether oxygens (including phenoxy) is 3. The lowest BCUT2D eigenvalue weighted by molar-refractivity contribution is -0.161. The smallest absolute Gasteiger partial charge is 0.462 e. The molecule has 0 aliphatic carbocycles. The first kappa shape index (κ1) is 66.5. The van der Waals surface area contributed by atoms with Crippen LogP contribution in [0, 0.1) is 0 Å². The van der Waals surface area contributed by atoms with Crippen LogP contribution in [0.4, 0.5) is 5.82 Å². The summed E-state index contributed by atoms with van der Waals surface area (Å²) in [6, 6.07) is 1.24. The number of anilines is 1. The van der Waals surface area contributed by atoms with Crippen LogP contribution in [0.3, 0.4) is 0 Å². The van der Waals surface area contributed by atoms with E-state index in [0.717, 1.165) is 75.0 Å². The maximum absolute atomic E-state index is 12.9. The quantitative estimate of drug-likeness (QED) is 0.0154. The summed E-state index contributed by atoms with van der Waals surface area (Å²) >= 11 is 0. The highest BCUT2D eigenvalue weighted by Crippen LogP contribution is 2.60. The number of allylic oxidation sites excluding steroid dienone is 18. The number of phosphoric ester groups is 2. The second-order valence-electron chi connectivity index (χ2n) is 17.6. The highest BCUT2D eigenvalue weighted by atomic mass is 31.3. The molecular formula is C54H83N3O16P2. The van der Waals surface area contributed by atoms with Crippen molar-refractivity contribution in [2.24, 2.45) is 0 Å². The van der Waals surface area contributed by atoms with Gasteiger partial charge in [-0.25, -0.2) is 13.9 Å². The van der Waals surface area contributed by atoms with Gasteiger partial charge in [0.05, 0.1) is 19.3 Å². The predicted octanol–water partition coefficient (Wildman–Crippen LogP) is 9.97. The lowest BCUT2D eigenvalue weighted by Crippen LogP contribution is -2.36. The molecule has 0 saturated carbocycles. The van der Waals surface area contributed by atoms with Crippen molar-refractivity contribution in [1.29, 1.82) is 0 Å². The van der Waals surface area contributed by atoms with Gasteiger partial charge in [0.25, 0.3) is 0 Å². The van der Waals surface area contributed by atoms with Crippen LogP contribution >= 0.6 is 15.6 Å². The topological polar surface area (TPSA) is 286 Å². The van der Waals surface area contributed by atoms with Gasteiger partial charge in [-0.15, -0.1) is 0 Å². The molecule has 0 radical (unpaired) electrons. The van der Waals surface area contributed by atoms with Crippen LogP contribution in [0.1, 0.15) is 142 Å². The minimum absolute atomic E-state index is 0.0170. The molecule has 0 bridgehead atoms. The Balaban J connectivity index is 1.86. The van der Waals surface area contributed by atoms with E-state index in [0.29, 0.717) is 25.7 Å². The zero-order chi connectivity index (χ0) is 55.0. The number of nitrogens with two attached hydrogens (primary N) is 1. The molecule has 2 rings (SSSR count). The summed E-state index contributed by atoms with van der Waals surface area (Å²) in [6.45, 7) is 1.54. The number of hydrogen-bond acceptors (Lipinski definition) is 16. The largest absolute Gasteiger partial charge is 0.481 e. The highest BCUT2D eigenvalue weighted by Gasteiger charge is 2.46. The van der Waals surface area contributed by atoms with Crippen LogP contribution in [0.2, 0.25) is 0 Å². The molecule has 0 amide bonds. The van der Waals surface area contributed by atoms with Crippen LogP contribution in [0.25, 0.3) is 0 Å². The van der Waals surface area contributed by atoms with E-state index < -0.39 is 83.7 Å². The number of carbonyl (C=O) groups is 2. The third-order valence-corrected chi connectivity index (χ3v) is 13.5. The summed E-state index contributed by atoms with van der Waals surface area (Å²) in [5, 5.41) is 30.2. The fourth-order valence-electron chi connectivity index (χ4n) is 6.84. The minimum Gasteiger partial charge on any atom is -0.462 e. The Morgan fingerprint density at radius 1 is 0.693 bits per heavy atom. The molecule has 1 aromatic rings. The molecule has 2 unspecified atom stereocenters. The molecule has 1 aliphatic heterocycles. The van der Waals surface area contributed by atoms with E-state index in [1.807, 2.05) is 36.5 Å². The number of nitrogen functional groups attached to an aromatic ring is 1. The molecule has 75 heavy (non-hydrogen) atoms. The SMILES string of the molecule is CCCCC/C=C\C/C=C\C/C=C\C/C=C\C/C=C\CCC(=O)O[C@H](COC(=O)CCC/C=C\C/C=C\C/C=C\C/C=C\CCC[C@@H](C)O)COP(=O)(O)OP(=O)(O)OC[C@H]1O[C@@H](n2ccc(N)nc2=O)[C@H](O)[C@@H]1O. The van der Waals surface area contributed by atoms with Crippen LogP contribution in [0.5, 0.6) is 0 Å². The van der Waals surface area contributed by atoms with E-state index in [2.05, 4.69) is 83.1 Å². The van der Waals surface area contributed by atoms with Crippen LogP contribution in [-0.2, 0) is 46.3 Å². The number of aromatic nitrogens is 2. The van der Waals surface area contributed by atoms with Crippen molar-refractivity contribution in [1.82, 2.24) is 9.55 Å². The summed E-state index contributed by atoms with van der Waals surface area (Å²) in [5.41, 5.74) is 4.57. The molecule has 420 valence electrons. The van der Waals surface area contributed by atoms with E-state index in [-0.39, 0.29) is 24.8 Å². The number of aliphatic hydroxyl groups excluding tert-OH is 3. The second-order valence-corrected chi connectivity index (χ2v) is 20.6. The van der Waals surface area contributed by atoms with Gasteiger partial charge >= 0.3 is 33.3 Å². The summed E-state index contributed by atoms with van der Waals surface area (Å²) < 4.78 is 56.6. The standard InChI is InChI=1S/C54H83N3O16P2/c1-3-4-5-6-7-8-9-10-11-12-13-14-17-21-24-27-30-33-36-39-50(60)71-46(42-68-49(59)38-35-32-29-26-23-20-18-15-16-19-22-25-28-31-34-37-45(2)58)43-69-74(64,65)73-75(66,67)70-44-47-51(61)52(62)53(72-47)57-41-40-48(55)56-54(57)63/h7-8,10-11,13-14,16,18-21,24-26,28-30,33,40-41,45-47,51-53,58,61-62H,3-6,9,12,15,17,22-23,27,31-32,34-39,42-44H2,1-2H3,(H,64,65)(H,66,67)(H2,55,56,63)/b8-7-,11-10-,14-13-,19-16-,20-18-,24-21-,28-25-,29-26-,33-30-/t45-,46-,47-,51-,52-,53-/m1/s1. The third-order valence-electron chi connectivity index (χ3n) is 10.9. The average Bonchev–Trinajstić information content (AvgIpc) is 3.64. The zero-order valence-electron chi connectivity index (χ0n) is 43.7. The normalized spacial score (nSPS) is 20.1. The monoisotopic (exact) mass is 1090 g/mol. The van der Waals surface area contributed by atoms with Crippen LogP contribution < -0.4 is 11.4 Å². The van der Waals surface area contributed by atoms with Gasteiger partial charge < -0.3 is 45.1 Å². The van der Waals surface area contributed by atoms with Gasteiger partial charge in [0.1, 0.15) is 30.7 Å². The van der Waals surface area contributed by atoms with E-state index in [9.17, 15) is 48.6 Å². The molecule has 1 aliphatic rings. The molecule has 21 heteroatoms. The van der Waals surface area contributed by atoms with E-state index in [1.165, 1.54) is 25.3 Å². The first-order chi connectivity index (χ1) is 36.0. The van der Waals surface area contributed by atoms with Gasteiger partial charge in [-0.05, 0) is 109 Å². The molecule has 7 N–H and O–H groups in total. The van der Waals surface area contributed by atoms with Gasteiger partial charge in [-0.3, -0.25) is 23.2 Å². The maximum Gasteiger partial charge on any atom is 0.481 e. The Hall–Kier alpha value is -4.62. The Morgan fingerprint density at radius 3 is 1.71 bits per heavy atom. The molecule has 2 heterocycles. The third kappa shape index (κ3) is 33.9. The fraction of sp³-hybridized carbons (Fsp3) is 0.556. The molecule has 1 saturated heterocycles. The Bertz CT molecular complexity index is 2200. The molecule has 1 aromatic heterocycles. The second kappa shape index (κ2) is 40.6.